The van der Waals surface area contributed by atoms with Crippen LogP contribution in [-0.4, -0.2) is 96.7 Å². The van der Waals surface area contributed by atoms with Crippen LogP contribution < -0.4 is 0 Å². The van der Waals surface area contributed by atoms with Crippen molar-refractivity contribution in [3.63, 3.8) is 0 Å². The molecule has 0 heterocycles. The Bertz CT molecular complexity index is 1920. The van der Waals surface area contributed by atoms with Gasteiger partial charge in [0.2, 0.25) is 0 Å². The molecule has 0 aromatic rings. The summed E-state index contributed by atoms with van der Waals surface area (Å²) in [5.74, 6) is 0.940. The van der Waals surface area contributed by atoms with E-state index in [0.717, 1.165) is 114 Å². The van der Waals surface area contributed by atoms with Gasteiger partial charge < -0.3 is 33.8 Å². The summed E-state index contributed by atoms with van der Waals surface area (Å²) in [5, 5.41) is 10.6. The molecule has 0 rings (SSSR count). The van der Waals surface area contributed by atoms with E-state index in [1.807, 2.05) is 0 Å². The molecule has 0 aliphatic rings. The molecule has 0 saturated carbocycles. The molecule has 0 spiro atoms. The zero-order valence-corrected chi connectivity index (χ0v) is 66.2. The Morgan fingerprint density at radius 1 is 0.286 bits per heavy atom. The van der Waals surface area contributed by atoms with Crippen molar-refractivity contribution in [1.29, 1.82) is 0 Å². The van der Waals surface area contributed by atoms with Gasteiger partial charge in [0.05, 0.1) is 26.4 Å². The molecule has 0 aromatic heterocycles. The number of ether oxygens (including phenoxy) is 4. The zero-order chi connectivity index (χ0) is 72.4. The van der Waals surface area contributed by atoms with Crippen molar-refractivity contribution in [3.8, 4) is 0 Å². The maximum Gasteiger partial charge on any atom is 0.472 e. The molecule has 98 heavy (non-hydrogen) atoms. The molecular formula is C79H154O17P2. The SMILES string of the molecule is CCC(C)CCCCCCCCCCC(=O)O[C@H](COC(=O)CCCCCCCCC(C)C)COP(=O)(O)OC[C@H](O)COP(=O)(O)OC[C@@H](COC(=O)CCCCCCCCCCCCCCCC(C)C)OC(=O)CCCCCCCCCCCCCCCCCCCCC(C)C. The van der Waals surface area contributed by atoms with Gasteiger partial charge in [-0.25, -0.2) is 9.13 Å². The number of rotatable bonds is 76. The van der Waals surface area contributed by atoms with Gasteiger partial charge in [-0.1, -0.05) is 351 Å². The van der Waals surface area contributed by atoms with Crippen LogP contribution in [-0.2, 0) is 65.4 Å². The Labute approximate surface area is 600 Å². The van der Waals surface area contributed by atoms with Crippen molar-refractivity contribution < 1.29 is 80.2 Å². The molecule has 19 heteroatoms. The first-order chi connectivity index (χ1) is 47.1. The summed E-state index contributed by atoms with van der Waals surface area (Å²) in [6.07, 6.45) is 54.3. The number of aliphatic hydroxyl groups excluding tert-OH is 1. The minimum Gasteiger partial charge on any atom is -0.462 e. The van der Waals surface area contributed by atoms with Gasteiger partial charge in [-0.2, -0.15) is 0 Å². The van der Waals surface area contributed by atoms with E-state index in [0.29, 0.717) is 31.6 Å². The molecular weight excluding hydrogens is 1280 g/mol. The Balaban J connectivity index is 5.21. The Morgan fingerprint density at radius 3 is 0.724 bits per heavy atom. The van der Waals surface area contributed by atoms with E-state index >= 15 is 0 Å². The first-order valence-corrected chi connectivity index (χ1v) is 43.7. The van der Waals surface area contributed by atoms with Crippen LogP contribution in [0.4, 0.5) is 0 Å². The monoisotopic (exact) mass is 1440 g/mol. The van der Waals surface area contributed by atoms with Gasteiger partial charge in [-0.3, -0.25) is 37.3 Å². The molecule has 17 nitrogen and oxygen atoms in total. The van der Waals surface area contributed by atoms with E-state index in [-0.39, 0.29) is 25.7 Å². The smallest absolute Gasteiger partial charge is 0.462 e. The molecule has 0 fully saturated rings. The van der Waals surface area contributed by atoms with Crippen molar-refractivity contribution in [3.05, 3.63) is 0 Å². The minimum atomic E-state index is -4.96. The lowest BCUT2D eigenvalue weighted by atomic mass is 9.99. The number of carbonyl (C=O) groups is 4. The summed E-state index contributed by atoms with van der Waals surface area (Å²) in [6, 6.07) is 0. The molecule has 0 bridgehead atoms. The van der Waals surface area contributed by atoms with E-state index < -0.39 is 97.5 Å². The van der Waals surface area contributed by atoms with Crippen molar-refractivity contribution >= 4 is 39.5 Å². The van der Waals surface area contributed by atoms with Crippen molar-refractivity contribution in [2.45, 2.75) is 420 Å². The molecule has 3 unspecified atom stereocenters. The van der Waals surface area contributed by atoms with Crippen LogP contribution in [0.15, 0.2) is 0 Å². The number of hydrogen-bond donors (Lipinski definition) is 3. The summed E-state index contributed by atoms with van der Waals surface area (Å²) in [4.78, 5) is 72.9. The fourth-order valence-electron chi connectivity index (χ4n) is 12.0. The molecule has 582 valence electrons. The average molecular weight is 1440 g/mol. The maximum absolute atomic E-state index is 13.1. The quantitative estimate of drug-likeness (QED) is 0.0222. The minimum absolute atomic E-state index is 0.104. The highest BCUT2D eigenvalue weighted by molar-refractivity contribution is 7.47. The van der Waals surface area contributed by atoms with Crippen molar-refractivity contribution in [1.82, 2.24) is 0 Å². The summed E-state index contributed by atoms with van der Waals surface area (Å²) < 4.78 is 68.6. The number of esters is 4. The van der Waals surface area contributed by atoms with Crippen LogP contribution in [0.2, 0.25) is 0 Å². The average Bonchev–Trinajstić information content (AvgIpc) is 0.998. The van der Waals surface area contributed by atoms with Gasteiger partial charge in [0.1, 0.15) is 19.3 Å². The van der Waals surface area contributed by atoms with E-state index in [1.165, 1.54) is 199 Å². The van der Waals surface area contributed by atoms with Crippen molar-refractivity contribution in [2.75, 3.05) is 39.6 Å². The fourth-order valence-corrected chi connectivity index (χ4v) is 13.6. The van der Waals surface area contributed by atoms with E-state index in [9.17, 15) is 43.2 Å². The summed E-state index contributed by atoms with van der Waals surface area (Å²) in [6.45, 7) is 14.2. The highest BCUT2D eigenvalue weighted by Gasteiger charge is 2.30. The van der Waals surface area contributed by atoms with Gasteiger partial charge in [0.25, 0.3) is 0 Å². The number of phosphoric acid groups is 2. The van der Waals surface area contributed by atoms with Crippen LogP contribution in [0.1, 0.15) is 402 Å². The number of carbonyl (C=O) groups excluding carboxylic acids is 4. The predicted molar refractivity (Wildman–Crippen MR) is 400 cm³/mol. The first-order valence-electron chi connectivity index (χ1n) is 40.7. The Hall–Kier alpha value is -1.94. The van der Waals surface area contributed by atoms with Gasteiger partial charge >= 0.3 is 39.5 Å². The van der Waals surface area contributed by atoms with Crippen LogP contribution in [0.25, 0.3) is 0 Å². The largest absolute Gasteiger partial charge is 0.472 e. The van der Waals surface area contributed by atoms with Crippen LogP contribution in [0, 0.1) is 23.7 Å². The third-order valence-electron chi connectivity index (χ3n) is 18.7. The van der Waals surface area contributed by atoms with Crippen LogP contribution in [0.5, 0.6) is 0 Å². The number of aliphatic hydroxyl groups is 1. The third kappa shape index (κ3) is 71.1. The summed E-state index contributed by atoms with van der Waals surface area (Å²) in [7, 11) is -9.92. The summed E-state index contributed by atoms with van der Waals surface area (Å²) in [5.41, 5.74) is 0. The highest BCUT2D eigenvalue weighted by Crippen LogP contribution is 2.45. The number of phosphoric ester groups is 2. The molecule has 0 saturated heterocycles. The van der Waals surface area contributed by atoms with Gasteiger partial charge in [-0.15, -0.1) is 0 Å². The first kappa shape index (κ1) is 96.1. The molecule has 0 aromatic carbocycles. The Morgan fingerprint density at radius 2 is 0.490 bits per heavy atom. The topological polar surface area (TPSA) is 237 Å². The van der Waals surface area contributed by atoms with E-state index in [2.05, 4.69) is 55.4 Å². The van der Waals surface area contributed by atoms with Gasteiger partial charge in [0.15, 0.2) is 12.2 Å². The normalized spacial score (nSPS) is 14.3. The molecule has 0 amide bonds. The standard InChI is InChI=1S/C79H154O17P2/c1-9-72(8)58-50-42-33-29-30-36-46-54-62-79(84)96-75(66-90-77(82)60-52-44-38-37-41-49-57-71(6)7)68-94-98(87,88)92-64-73(80)63-91-97(85,86)93-67-74(65-89-76(81)59-51-43-34-27-23-20-16-18-22-26-32-40-48-56-70(4)5)95-78(83)61-53-45-35-28-24-19-15-13-11-10-12-14-17-21-25-31-39-47-55-69(2)3/h69-75,80H,9-68H2,1-8H3,(H,85,86)(H,87,88)/t72?,73-,74-,75-/m1/s1. The molecule has 3 N–H and O–H groups in total. The lowest BCUT2D eigenvalue weighted by molar-refractivity contribution is -0.161. The predicted octanol–water partition coefficient (Wildman–Crippen LogP) is 23.2. The van der Waals surface area contributed by atoms with E-state index in [4.69, 9.17) is 37.0 Å². The van der Waals surface area contributed by atoms with Crippen molar-refractivity contribution in [2.24, 2.45) is 23.7 Å². The fraction of sp³-hybridized carbons (Fsp3) is 0.949. The number of hydrogen-bond acceptors (Lipinski definition) is 15. The highest BCUT2D eigenvalue weighted by atomic mass is 31.2. The number of unbranched alkanes of at least 4 members (excludes halogenated alkanes) is 41. The maximum atomic E-state index is 13.1. The van der Waals surface area contributed by atoms with Crippen LogP contribution >= 0.6 is 15.6 Å². The summed E-state index contributed by atoms with van der Waals surface area (Å²) >= 11 is 0. The second-order valence-corrected chi connectivity index (χ2v) is 33.0. The molecule has 6 atom stereocenters. The molecule has 0 aliphatic carbocycles. The zero-order valence-electron chi connectivity index (χ0n) is 64.4. The molecule has 0 aliphatic heterocycles. The Kier molecular flexibility index (Phi) is 66.8. The lowest BCUT2D eigenvalue weighted by Gasteiger charge is -2.21. The second-order valence-electron chi connectivity index (χ2n) is 30.1. The molecule has 0 radical (unpaired) electrons. The van der Waals surface area contributed by atoms with Gasteiger partial charge in [-0.05, 0) is 49.4 Å². The second kappa shape index (κ2) is 68.2. The van der Waals surface area contributed by atoms with Crippen LogP contribution in [0.3, 0.4) is 0 Å². The van der Waals surface area contributed by atoms with Gasteiger partial charge in [0, 0.05) is 25.7 Å². The lowest BCUT2D eigenvalue weighted by Crippen LogP contribution is -2.30. The van der Waals surface area contributed by atoms with E-state index in [1.54, 1.807) is 0 Å². The third-order valence-corrected chi connectivity index (χ3v) is 20.6.